The molecule has 2 aliphatic rings. The Bertz CT molecular complexity index is 939. The van der Waals surface area contributed by atoms with Crippen molar-refractivity contribution in [2.45, 2.75) is 30.2 Å². The Morgan fingerprint density at radius 2 is 1.59 bits per heavy atom. The quantitative estimate of drug-likeness (QED) is 0.703. The van der Waals surface area contributed by atoms with Gasteiger partial charge in [0, 0.05) is 38.4 Å². The molecule has 162 valence electrons. The molecule has 0 bridgehead atoms. The maximum absolute atomic E-state index is 12.8. The molecule has 1 N–H and O–H groups in total. The smallest absolute Gasteiger partial charge is 0.243 e. The molecule has 29 heavy (non-hydrogen) atoms. The normalized spacial score (nSPS) is 23.0. The highest BCUT2D eigenvalue weighted by Crippen LogP contribution is 2.23. The summed E-state index contributed by atoms with van der Waals surface area (Å²) in [7, 11) is -5.09. The second-order valence-electron chi connectivity index (χ2n) is 7.61. The van der Waals surface area contributed by atoms with Crippen molar-refractivity contribution >= 4 is 31.6 Å². The number of carbonyl (C=O) groups excluding carboxylic acids is 1. The summed E-state index contributed by atoms with van der Waals surface area (Å²) in [5.41, 5.74) is 0.436. The largest absolute Gasteiger partial charge is 0.325 e. The van der Waals surface area contributed by atoms with Crippen LogP contribution in [-0.4, -0.2) is 88.3 Å². The van der Waals surface area contributed by atoms with Gasteiger partial charge in [-0.25, -0.2) is 16.8 Å². The second-order valence-corrected chi connectivity index (χ2v) is 11.5. The first-order chi connectivity index (χ1) is 13.6. The number of amides is 1. The summed E-state index contributed by atoms with van der Waals surface area (Å²) in [6.07, 6.45) is 3.09. The highest BCUT2D eigenvalue weighted by Gasteiger charge is 2.34. The molecular weight excluding hydrogens is 416 g/mol. The van der Waals surface area contributed by atoms with E-state index in [-0.39, 0.29) is 4.90 Å². The lowest BCUT2D eigenvalue weighted by Crippen LogP contribution is -2.49. The number of anilines is 1. The van der Waals surface area contributed by atoms with Crippen molar-refractivity contribution in [3.05, 3.63) is 24.3 Å². The molecule has 11 heteroatoms. The van der Waals surface area contributed by atoms with E-state index in [1.54, 1.807) is 0 Å². The van der Waals surface area contributed by atoms with Gasteiger partial charge < -0.3 is 10.2 Å². The molecule has 3 rings (SSSR count). The second kappa shape index (κ2) is 8.68. The summed E-state index contributed by atoms with van der Waals surface area (Å²) >= 11 is 0. The molecular formula is C18H28N4O5S2. The van der Waals surface area contributed by atoms with Gasteiger partial charge in [0.05, 0.1) is 11.2 Å². The fourth-order valence-corrected chi connectivity index (χ4v) is 6.22. The van der Waals surface area contributed by atoms with Crippen LogP contribution in [0, 0.1) is 0 Å². The van der Waals surface area contributed by atoms with Crippen molar-refractivity contribution in [1.29, 1.82) is 0 Å². The minimum Gasteiger partial charge on any atom is -0.325 e. The van der Waals surface area contributed by atoms with Crippen molar-refractivity contribution in [2.24, 2.45) is 0 Å². The lowest BCUT2D eigenvalue weighted by Gasteiger charge is -2.32. The Morgan fingerprint density at radius 3 is 2.17 bits per heavy atom. The first-order valence-corrected chi connectivity index (χ1v) is 12.9. The number of hydrogen-bond acceptors (Lipinski definition) is 6. The van der Waals surface area contributed by atoms with Crippen molar-refractivity contribution in [3.8, 4) is 0 Å². The van der Waals surface area contributed by atoms with Crippen LogP contribution in [0.25, 0.3) is 0 Å². The van der Waals surface area contributed by atoms with Gasteiger partial charge in [0.2, 0.25) is 26.0 Å². The number of carbonyl (C=O) groups is 1. The van der Waals surface area contributed by atoms with Gasteiger partial charge in [-0.3, -0.25) is 4.79 Å². The molecule has 0 spiro atoms. The number of sulfonamides is 2. The lowest BCUT2D eigenvalue weighted by molar-refractivity contribution is -0.120. The van der Waals surface area contributed by atoms with E-state index in [0.29, 0.717) is 44.8 Å². The van der Waals surface area contributed by atoms with Crippen molar-refractivity contribution < 1.29 is 21.6 Å². The molecule has 1 aromatic rings. The van der Waals surface area contributed by atoms with Gasteiger partial charge in [0.15, 0.2) is 0 Å². The maximum atomic E-state index is 12.8. The zero-order valence-electron chi connectivity index (χ0n) is 16.7. The first-order valence-electron chi connectivity index (χ1n) is 9.65. The van der Waals surface area contributed by atoms with E-state index in [1.165, 1.54) is 32.9 Å². The summed E-state index contributed by atoms with van der Waals surface area (Å²) in [6.45, 7) is 2.59. The molecule has 0 saturated carbocycles. The summed E-state index contributed by atoms with van der Waals surface area (Å²) in [5.74, 6) is -0.398. The van der Waals surface area contributed by atoms with E-state index < -0.39 is 32.0 Å². The molecule has 0 aliphatic carbocycles. The number of hydrogen-bond donors (Lipinski definition) is 1. The molecule has 2 saturated heterocycles. The Kier molecular flexibility index (Phi) is 6.64. The standard InChI is InChI=1S/C18H28N4O5S2/c1-20-11-13-21(14-12-20)29(26,27)16-8-6-15(7-9-16)19-18(23)17-5-3-4-10-22(17)28(2,24)25/h6-9,17H,3-5,10-14H2,1-2H3,(H,19,23). The van der Waals surface area contributed by atoms with Gasteiger partial charge in [0.25, 0.3) is 0 Å². The zero-order valence-corrected chi connectivity index (χ0v) is 18.4. The van der Waals surface area contributed by atoms with Crippen LogP contribution in [0.5, 0.6) is 0 Å². The van der Waals surface area contributed by atoms with Crippen molar-refractivity contribution in [3.63, 3.8) is 0 Å². The van der Waals surface area contributed by atoms with Crippen molar-refractivity contribution in [2.75, 3.05) is 51.3 Å². The molecule has 2 fully saturated rings. The summed E-state index contributed by atoms with van der Waals surface area (Å²) < 4.78 is 52.2. The summed E-state index contributed by atoms with van der Waals surface area (Å²) in [6, 6.07) is 5.27. The molecule has 2 heterocycles. The van der Waals surface area contributed by atoms with Gasteiger partial charge >= 0.3 is 0 Å². The molecule has 0 aromatic heterocycles. The number of benzene rings is 1. The average molecular weight is 445 g/mol. The SMILES string of the molecule is CN1CCN(S(=O)(=O)c2ccc(NC(=O)C3CCCCN3S(C)(=O)=O)cc2)CC1. The third-order valence-corrected chi connectivity index (χ3v) is 8.61. The molecule has 1 amide bonds. The van der Waals surface area contributed by atoms with E-state index in [0.717, 1.165) is 19.1 Å². The van der Waals surface area contributed by atoms with Gasteiger partial charge in [0.1, 0.15) is 6.04 Å². The van der Waals surface area contributed by atoms with Crippen LogP contribution in [-0.2, 0) is 24.8 Å². The Balaban J connectivity index is 1.69. The molecule has 9 nitrogen and oxygen atoms in total. The Labute approximate surface area is 172 Å². The van der Waals surface area contributed by atoms with Crippen LogP contribution in [0.2, 0.25) is 0 Å². The van der Waals surface area contributed by atoms with Crippen molar-refractivity contribution in [1.82, 2.24) is 13.5 Å². The number of rotatable bonds is 5. The number of nitrogens with zero attached hydrogens (tertiary/aromatic N) is 3. The highest BCUT2D eigenvalue weighted by atomic mass is 32.2. The van der Waals surface area contributed by atoms with Crippen LogP contribution in [0.4, 0.5) is 5.69 Å². The highest BCUT2D eigenvalue weighted by molar-refractivity contribution is 7.89. The lowest BCUT2D eigenvalue weighted by atomic mass is 10.0. The fraction of sp³-hybridized carbons (Fsp3) is 0.611. The average Bonchev–Trinajstić information content (AvgIpc) is 2.68. The molecule has 2 aliphatic heterocycles. The molecule has 1 unspecified atom stereocenters. The van der Waals surface area contributed by atoms with Crippen LogP contribution >= 0.6 is 0 Å². The van der Waals surface area contributed by atoms with E-state index in [1.807, 2.05) is 7.05 Å². The van der Waals surface area contributed by atoms with Crippen LogP contribution in [0.3, 0.4) is 0 Å². The number of piperazine rings is 1. The number of nitrogens with one attached hydrogen (secondary N) is 1. The van der Waals surface area contributed by atoms with Gasteiger partial charge in [-0.15, -0.1) is 0 Å². The molecule has 1 atom stereocenters. The third kappa shape index (κ3) is 5.15. The van der Waals surface area contributed by atoms with Crippen LogP contribution in [0.15, 0.2) is 29.2 Å². The van der Waals surface area contributed by atoms with E-state index in [2.05, 4.69) is 10.2 Å². The zero-order chi connectivity index (χ0) is 21.2. The molecule has 1 aromatic carbocycles. The Morgan fingerprint density at radius 1 is 0.966 bits per heavy atom. The Hall–Kier alpha value is -1.53. The molecule has 0 radical (unpaired) electrons. The van der Waals surface area contributed by atoms with Gasteiger partial charge in [-0.1, -0.05) is 6.42 Å². The predicted octanol–water partition coefficient (Wildman–Crippen LogP) is 0.375. The fourth-order valence-electron chi connectivity index (χ4n) is 3.68. The predicted molar refractivity (Wildman–Crippen MR) is 111 cm³/mol. The van der Waals surface area contributed by atoms with Gasteiger partial charge in [-0.2, -0.15) is 8.61 Å². The minimum atomic E-state index is -3.57. The third-order valence-electron chi connectivity index (χ3n) is 5.40. The maximum Gasteiger partial charge on any atom is 0.243 e. The number of likely N-dealkylation sites (N-methyl/N-ethyl adjacent to an activating group) is 1. The summed E-state index contributed by atoms with van der Waals surface area (Å²) in [4.78, 5) is 14.9. The van der Waals surface area contributed by atoms with E-state index in [4.69, 9.17) is 0 Å². The topological polar surface area (TPSA) is 107 Å². The van der Waals surface area contributed by atoms with E-state index in [9.17, 15) is 21.6 Å². The summed E-state index contributed by atoms with van der Waals surface area (Å²) in [5, 5.41) is 2.72. The van der Waals surface area contributed by atoms with Crippen LogP contribution in [0.1, 0.15) is 19.3 Å². The monoisotopic (exact) mass is 444 g/mol. The minimum absolute atomic E-state index is 0.176. The van der Waals surface area contributed by atoms with Gasteiger partial charge in [-0.05, 0) is 44.2 Å². The first kappa shape index (κ1) is 22.2. The van der Waals surface area contributed by atoms with E-state index >= 15 is 0 Å². The van der Waals surface area contributed by atoms with Crippen LogP contribution < -0.4 is 5.32 Å². The number of piperidine rings is 1.